The van der Waals surface area contributed by atoms with Crippen LogP contribution < -0.4 is 16.0 Å². The Kier molecular flexibility index (Phi) is 10.8. The molecule has 3 atom stereocenters. The van der Waals surface area contributed by atoms with Gasteiger partial charge in [0, 0.05) is 17.5 Å². The van der Waals surface area contributed by atoms with Crippen LogP contribution in [0.3, 0.4) is 0 Å². The largest absolute Gasteiger partial charge is 0.352 e. The lowest BCUT2D eigenvalue weighted by Crippen LogP contribution is -2.56. The molecule has 0 fully saturated rings. The third-order valence-corrected chi connectivity index (χ3v) is 6.01. The van der Waals surface area contributed by atoms with E-state index >= 15 is 0 Å². The molecule has 0 bridgehead atoms. The molecule has 0 radical (unpaired) electrons. The number of hydrogen-bond donors (Lipinski definition) is 3. The Labute approximate surface area is 173 Å². The number of nitrogens with zero attached hydrogens (tertiary/aromatic N) is 1. The van der Waals surface area contributed by atoms with Gasteiger partial charge in [0.25, 0.3) is 5.91 Å². The van der Waals surface area contributed by atoms with Gasteiger partial charge < -0.3 is 16.0 Å². The van der Waals surface area contributed by atoms with Crippen molar-refractivity contribution in [1.29, 1.82) is 0 Å². The monoisotopic (exact) mass is 432 g/mol. The van der Waals surface area contributed by atoms with E-state index in [9.17, 15) is 14.4 Å². The highest BCUT2D eigenvalue weighted by Crippen LogP contribution is 2.12. The number of amides is 3. The Morgan fingerprint density at radius 2 is 1.63 bits per heavy atom. The molecule has 27 heavy (non-hydrogen) atoms. The predicted molar refractivity (Wildman–Crippen MR) is 115 cm³/mol. The summed E-state index contributed by atoms with van der Waals surface area (Å²) >= 11 is 4.20. The van der Waals surface area contributed by atoms with Gasteiger partial charge in [-0.05, 0) is 32.8 Å². The van der Waals surface area contributed by atoms with E-state index < -0.39 is 12.1 Å². The summed E-state index contributed by atoms with van der Waals surface area (Å²) in [6.07, 6.45) is 6.05. The second-order valence-electron chi connectivity index (χ2n) is 6.06. The Morgan fingerprint density at radius 1 is 1.07 bits per heavy atom. The number of carbonyl (C=O) groups is 3. The minimum atomic E-state index is -0.726. The van der Waals surface area contributed by atoms with Crippen LogP contribution in [0.2, 0.25) is 0 Å². The molecular formula is C17H28N4O3S3. The van der Waals surface area contributed by atoms with Crippen LogP contribution in [0.4, 0.5) is 0 Å². The molecule has 0 aromatic carbocycles. The molecule has 0 aliphatic heterocycles. The van der Waals surface area contributed by atoms with Crippen molar-refractivity contribution in [3.63, 3.8) is 0 Å². The molecule has 1 aromatic heterocycles. The highest BCUT2D eigenvalue weighted by atomic mass is 32.2. The molecule has 0 spiro atoms. The number of carbonyl (C=O) groups excluding carboxylic acids is 3. The first-order chi connectivity index (χ1) is 12.8. The topological polar surface area (TPSA) is 100 Å². The van der Waals surface area contributed by atoms with E-state index in [1.165, 1.54) is 41.1 Å². The molecule has 0 unspecified atom stereocenters. The molecule has 1 aromatic rings. The first kappa shape index (κ1) is 23.8. The van der Waals surface area contributed by atoms with Crippen molar-refractivity contribution < 1.29 is 14.4 Å². The fourth-order valence-corrected chi connectivity index (χ4v) is 3.93. The van der Waals surface area contributed by atoms with Gasteiger partial charge in [-0.25, -0.2) is 4.98 Å². The number of rotatable bonds is 11. The minimum Gasteiger partial charge on any atom is -0.352 e. The Bertz CT molecular complexity index is 639. The van der Waals surface area contributed by atoms with E-state index in [1.807, 2.05) is 33.3 Å². The number of nitrogens with one attached hydrogen (secondary N) is 3. The Morgan fingerprint density at radius 3 is 2.11 bits per heavy atom. The molecule has 152 valence electrons. The van der Waals surface area contributed by atoms with Crippen LogP contribution in [0.25, 0.3) is 0 Å². The second-order valence-corrected chi connectivity index (χ2v) is 9.12. The van der Waals surface area contributed by atoms with E-state index in [0.717, 1.165) is 11.4 Å². The van der Waals surface area contributed by atoms with Crippen LogP contribution in [-0.4, -0.2) is 64.8 Å². The zero-order chi connectivity index (χ0) is 20.4. The summed E-state index contributed by atoms with van der Waals surface area (Å²) in [4.78, 5) is 42.0. The van der Waals surface area contributed by atoms with Gasteiger partial charge in [-0.15, -0.1) is 11.3 Å². The van der Waals surface area contributed by atoms with Crippen molar-refractivity contribution in [3.8, 4) is 0 Å². The van der Waals surface area contributed by atoms with Crippen LogP contribution in [0.15, 0.2) is 6.20 Å². The summed E-state index contributed by atoms with van der Waals surface area (Å²) in [5, 5.41) is 9.21. The first-order valence-corrected chi connectivity index (χ1v) is 12.2. The number of aromatic nitrogens is 1. The highest BCUT2D eigenvalue weighted by Gasteiger charge is 2.27. The van der Waals surface area contributed by atoms with Crippen LogP contribution in [-0.2, 0) is 9.59 Å². The second kappa shape index (κ2) is 12.2. The molecule has 0 aliphatic rings. The van der Waals surface area contributed by atoms with Crippen molar-refractivity contribution in [2.45, 2.75) is 45.3 Å². The van der Waals surface area contributed by atoms with Gasteiger partial charge in [0.05, 0.1) is 11.2 Å². The van der Waals surface area contributed by atoms with Gasteiger partial charge in [0.2, 0.25) is 11.8 Å². The smallest absolute Gasteiger partial charge is 0.263 e. The maximum atomic E-state index is 12.7. The van der Waals surface area contributed by atoms with Crippen LogP contribution in [0.1, 0.15) is 34.9 Å². The van der Waals surface area contributed by atoms with Crippen molar-refractivity contribution >= 4 is 52.6 Å². The quantitative estimate of drug-likeness (QED) is 0.492. The molecule has 0 aliphatic carbocycles. The maximum Gasteiger partial charge on any atom is 0.263 e. The zero-order valence-electron chi connectivity index (χ0n) is 16.3. The van der Waals surface area contributed by atoms with Gasteiger partial charge in [-0.2, -0.15) is 23.5 Å². The number of thiazole rings is 1. The van der Waals surface area contributed by atoms with Crippen LogP contribution >= 0.6 is 34.9 Å². The third-order valence-electron chi connectivity index (χ3n) is 3.77. The molecule has 10 heteroatoms. The summed E-state index contributed by atoms with van der Waals surface area (Å²) in [5.41, 5.74) is 0. The third kappa shape index (κ3) is 8.10. The van der Waals surface area contributed by atoms with Crippen LogP contribution in [0.5, 0.6) is 0 Å². The summed E-state index contributed by atoms with van der Waals surface area (Å²) in [6, 6.07) is -1.33. The Hall–Kier alpha value is -1.26. The van der Waals surface area contributed by atoms with Crippen molar-refractivity contribution in [2.75, 3.05) is 24.0 Å². The average molecular weight is 433 g/mol. The predicted octanol–water partition coefficient (Wildman–Crippen LogP) is 1.68. The summed E-state index contributed by atoms with van der Waals surface area (Å²) in [7, 11) is 0. The van der Waals surface area contributed by atoms with Gasteiger partial charge >= 0.3 is 0 Å². The molecule has 3 N–H and O–H groups in total. The van der Waals surface area contributed by atoms with E-state index in [0.29, 0.717) is 16.4 Å². The number of hydrogen-bond acceptors (Lipinski definition) is 7. The molecule has 1 rings (SSSR count). The molecule has 3 amide bonds. The SMILES string of the molecule is CC[C@@H](C)NC(=O)[C@@H](CSC)NC(=O)[C@@H](CSC)NC(=O)c1cnc(C)s1. The minimum absolute atomic E-state index is 0.0371. The molecule has 0 saturated carbocycles. The molecule has 7 nitrogen and oxygen atoms in total. The normalized spacial score (nSPS) is 14.1. The summed E-state index contributed by atoms with van der Waals surface area (Å²) in [5.74, 6) is -0.0343. The molecule has 0 saturated heterocycles. The van der Waals surface area contributed by atoms with Gasteiger partial charge in [0.15, 0.2) is 0 Å². The van der Waals surface area contributed by atoms with Crippen molar-refractivity contribution in [1.82, 2.24) is 20.9 Å². The lowest BCUT2D eigenvalue weighted by atomic mass is 10.2. The van der Waals surface area contributed by atoms with E-state index in [4.69, 9.17) is 0 Å². The van der Waals surface area contributed by atoms with Crippen molar-refractivity contribution in [2.24, 2.45) is 0 Å². The maximum absolute atomic E-state index is 12.7. The summed E-state index contributed by atoms with van der Waals surface area (Å²) in [6.45, 7) is 5.72. The Balaban J connectivity index is 2.78. The lowest BCUT2D eigenvalue weighted by Gasteiger charge is -2.23. The lowest BCUT2D eigenvalue weighted by molar-refractivity contribution is -0.129. The standard InChI is InChI=1S/C17H28N4O3S3/c1-6-10(2)19-15(22)12(8-25-4)20-16(23)13(9-26-5)21-17(24)14-7-18-11(3)27-14/h7,10,12-13H,6,8-9H2,1-5H3,(H,19,22)(H,20,23)(H,21,24)/t10-,12-,13-/m1/s1. The van der Waals surface area contributed by atoms with Gasteiger partial charge in [-0.1, -0.05) is 6.92 Å². The molecule has 1 heterocycles. The van der Waals surface area contributed by atoms with E-state index in [1.54, 1.807) is 0 Å². The number of aryl methyl sites for hydroxylation is 1. The van der Waals surface area contributed by atoms with Crippen molar-refractivity contribution in [3.05, 3.63) is 16.1 Å². The zero-order valence-corrected chi connectivity index (χ0v) is 18.8. The number of thioether (sulfide) groups is 2. The van der Waals surface area contributed by atoms with Gasteiger partial charge in [-0.3, -0.25) is 14.4 Å². The van der Waals surface area contributed by atoms with E-state index in [-0.39, 0.29) is 23.8 Å². The highest BCUT2D eigenvalue weighted by molar-refractivity contribution is 7.98. The fraction of sp³-hybridized carbons (Fsp3) is 0.647. The first-order valence-electron chi connectivity index (χ1n) is 8.64. The fourth-order valence-electron chi connectivity index (χ4n) is 2.11. The molecular weight excluding hydrogens is 404 g/mol. The summed E-state index contributed by atoms with van der Waals surface area (Å²) < 4.78 is 0. The average Bonchev–Trinajstić information content (AvgIpc) is 3.07. The van der Waals surface area contributed by atoms with E-state index in [2.05, 4.69) is 20.9 Å². The van der Waals surface area contributed by atoms with Gasteiger partial charge in [0.1, 0.15) is 17.0 Å². The van der Waals surface area contributed by atoms with Crippen LogP contribution in [0, 0.1) is 6.92 Å².